The summed E-state index contributed by atoms with van der Waals surface area (Å²) in [6, 6.07) is 4.56. The number of nitrogens with one attached hydrogen (secondary N) is 1. The monoisotopic (exact) mass is 488 g/mol. The van der Waals surface area contributed by atoms with Crippen LogP contribution in [0.3, 0.4) is 0 Å². The normalized spacial score (nSPS) is 24.8. The maximum atomic E-state index is 14.0. The van der Waals surface area contributed by atoms with Crippen LogP contribution >= 0.6 is 0 Å². The number of pyridine rings is 2. The molecule has 2 aromatic rings. The van der Waals surface area contributed by atoms with E-state index in [4.69, 9.17) is 15.2 Å². The van der Waals surface area contributed by atoms with Gasteiger partial charge >= 0.3 is 6.18 Å². The van der Waals surface area contributed by atoms with E-state index in [1.807, 2.05) is 0 Å². The molecule has 1 aliphatic heterocycles. The highest BCUT2D eigenvalue weighted by Gasteiger charge is 2.65. The highest BCUT2D eigenvalue weighted by Crippen LogP contribution is 2.54. The lowest BCUT2D eigenvalue weighted by Gasteiger charge is -2.31. The number of carbonyl (C=O) groups excluding carboxylic acids is 2. The molecule has 3 rings (SSSR count). The van der Waals surface area contributed by atoms with Crippen molar-refractivity contribution >= 4 is 17.5 Å². The van der Waals surface area contributed by atoms with Crippen molar-refractivity contribution in [1.82, 2.24) is 9.97 Å². The molecule has 0 radical (unpaired) electrons. The molecule has 0 bridgehead atoms. The van der Waals surface area contributed by atoms with E-state index in [0.29, 0.717) is 0 Å². The number of amides is 2. The lowest BCUT2D eigenvalue weighted by Crippen LogP contribution is -2.47. The van der Waals surface area contributed by atoms with Crippen molar-refractivity contribution in [2.75, 3.05) is 12.4 Å². The summed E-state index contributed by atoms with van der Waals surface area (Å²) in [5, 5.41) is 2.40. The van der Waals surface area contributed by atoms with Gasteiger partial charge in [0.2, 0.25) is 5.88 Å². The Balaban J connectivity index is 2.05. The smallest absolute Gasteiger partial charge is 0.417 e. The minimum Gasteiger partial charge on any atom is -0.481 e. The molecule has 3 N–H and O–H groups in total. The Hall–Kier alpha value is -3.35. The number of methoxy groups -OCH3 is 1. The van der Waals surface area contributed by atoms with Gasteiger partial charge < -0.3 is 20.5 Å². The second-order valence-electron chi connectivity index (χ2n) is 7.88. The Morgan fingerprint density at radius 2 is 1.94 bits per heavy atom. The molecule has 0 spiro atoms. The SMILES string of the molecule is COc1nc(C(F)F)ccc1[C@@H]1[C@@H](C(=O)Nc2ccnc(C(N)=O)c2)O[C@](C)(C(F)(F)F)[C@@H]1C. The third-order valence-corrected chi connectivity index (χ3v) is 5.89. The lowest BCUT2D eigenvalue weighted by molar-refractivity contribution is -0.272. The van der Waals surface area contributed by atoms with Crippen molar-refractivity contribution in [2.24, 2.45) is 11.7 Å². The molecule has 1 saturated heterocycles. The maximum absolute atomic E-state index is 14.0. The van der Waals surface area contributed by atoms with Crippen LogP contribution in [-0.2, 0) is 9.53 Å². The molecule has 2 aromatic heterocycles. The zero-order chi connectivity index (χ0) is 25.4. The number of anilines is 1. The van der Waals surface area contributed by atoms with Crippen LogP contribution in [0.4, 0.5) is 27.6 Å². The van der Waals surface area contributed by atoms with Gasteiger partial charge in [0.15, 0.2) is 5.60 Å². The van der Waals surface area contributed by atoms with E-state index in [9.17, 15) is 31.5 Å². The highest BCUT2D eigenvalue weighted by atomic mass is 19.4. The number of alkyl halides is 5. The number of primary amides is 1. The quantitative estimate of drug-likeness (QED) is 0.601. The predicted molar refractivity (Wildman–Crippen MR) is 108 cm³/mol. The van der Waals surface area contributed by atoms with Crippen LogP contribution in [-0.4, -0.2) is 46.8 Å². The molecular weight excluding hydrogens is 467 g/mol. The zero-order valence-electron chi connectivity index (χ0n) is 18.2. The number of nitrogens with zero attached hydrogens (tertiary/aromatic N) is 2. The van der Waals surface area contributed by atoms with Gasteiger partial charge in [0.25, 0.3) is 18.2 Å². The first-order chi connectivity index (χ1) is 15.8. The maximum Gasteiger partial charge on any atom is 0.417 e. The molecule has 0 aromatic carbocycles. The molecule has 8 nitrogen and oxygen atoms in total. The Labute approximate surface area is 190 Å². The summed E-state index contributed by atoms with van der Waals surface area (Å²) in [6.07, 6.45) is -8.33. The van der Waals surface area contributed by atoms with E-state index in [1.165, 1.54) is 19.2 Å². The molecule has 1 aliphatic rings. The van der Waals surface area contributed by atoms with Gasteiger partial charge in [-0.15, -0.1) is 0 Å². The minimum absolute atomic E-state index is 0.0000725. The Morgan fingerprint density at radius 1 is 1.26 bits per heavy atom. The van der Waals surface area contributed by atoms with E-state index in [2.05, 4.69) is 15.3 Å². The molecule has 0 saturated carbocycles. The van der Waals surface area contributed by atoms with Gasteiger partial charge in [-0.05, 0) is 25.1 Å². The van der Waals surface area contributed by atoms with Crippen LogP contribution in [0, 0.1) is 5.92 Å². The molecule has 3 heterocycles. The van der Waals surface area contributed by atoms with Crippen molar-refractivity contribution in [3.8, 4) is 5.88 Å². The van der Waals surface area contributed by atoms with E-state index in [1.54, 1.807) is 0 Å². The van der Waals surface area contributed by atoms with Crippen LogP contribution in [0.5, 0.6) is 5.88 Å². The molecule has 0 unspecified atom stereocenters. The number of aromatic nitrogens is 2. The number of rotatable bonds is 6. The van der Waals surface area contributed by atoms with Crippen LogP contribution in [0.1, 0.15) is 47.9 Å². The van der Waals surface area contributed by atoms with Gasteiger partial charge in [0.1, 0.15) is 17.5 Å². The summed E-state index contributed by atoms with van der Waals surface area (Å²) < 4.78 is 78.5. The minimum atomic E-state index is -4.86. The van der Waals surface area contributed by atoms with E-state index < -0.39 is 53.7 Å². The fourth-order valence-electron chi connectivity index (χ4n) is 3.88. The number of hydrogen-bond acceptors (Lipinski definition) is 6. The van der Waals surface area contributed by atoms with Gasteiger partial charge in [-0.25, -0.2) is 13.8 Å². The average molecular weight is 488 g/mol. The fourth-order valence-corrected chi connectivity index (χ4v) is 3.88. The van der Waals surface area contributed by atoms with E-state index >= 15 is 0 Å². The molecule has 2 amide bonds. The summed E-state index contributed by atoms with van der Waals surface area (Å²) >= 11 is 0. The Bertz CT molecular complexity index is 1100. The zero-order valence-corrected chi connectivity index (χ0v) is 18.2. The van der Waals surface area contributed by atoms with Gasteiger partial charge in [-0.2, -0.15) is 13.2 Å². The largest absolute Gasteiger partial charge is 0.481 e. The Kier molecular flexibility index (Phi) is 6.78. The van der Waals surface area contributed by atoms with Crippen molar-refractivity contribution < 1.29 is 41.0 Å². The van der Waals surface area contributed by atoms with Crippen LogP contribution < -0.4 is 15.8 Å². The molecule has 13 heteroatoms. The standard InChI is InChI=1S/C21H21F5N4O4/c1-9-14(11-4-5-12(16(22)23)30-19(11)33-3)15(34-20(9,2)21(24,25)26)18(32)29-10-6-7-28-13(8-10)17(27)31/h4-9,14-16H,1-3H3,(H2,27,31)(H,28,29,32)/t9-,14-,15+,20+/m1/s1. The average Bonchev–Trinajstić information content (AvgIpc) is 3.05. The molecule has 1 fully saturated rings. The van der Waals surface area contributed by atoms with Gasteiger partial charge in [-0.1, -0.05) is 13.0 Å². The second-order valence-corrected chi connectivity index (χ2v) is 7.88. The van der Waals surface area contributed by atoms with Crippen LogP contribution in [0.2, 0.25) is 0 Å². The molecule has 184 valence electrons. The third-order valence-electron chi connectivity index (χ3n) is 5.89. The first kappa shape index (κ1) is 25.3. The topological polar surface area (TPSA) is 116 Å². The molecule has 34 heavy (non-hydrogen) atoms. The summed E-state index contributed by atoms with van der Waals surface area (Å²) in [5.41, 5.74) is 1.65. The van der Waals surface area contributed by atoms with Gasteiger partial charge in [-0.3, -0.25) is 14.6 Å². The highest BCUT2D eigenvalue weighted by molar-refractivity contribution is 5.97. The van der Waals surface area contributed by atoms with Crippen molar-refractivity contribution in [1.29, 1.82) is 0 Å². The number of hydrogen-bond donors (Lipinski definition) is 2. The summed E-state index contributed by atoms with van der Waals surface area (Å²) in [7, 11) is 1.13. The molecular formula is C21H21F5N4O4. The second kappa shape index (κ2) is 9.12. The first-order valence-corrected chi connectivity index (χ1v) is 9.94. The van der Waals surface area contributed by atoms with Crippen molar-refractivity contribution in [3.05, 3.63) is 47.4 Å². The van der Waals surface area contributed by atoms with Gasteiger partial charge in [0, 0.05) is 29.3 Å². The van der Waals surface area contributed by atoms with E-state index in [-0.39, 0.29) is 22.8 Å². The van der Waals surface area contributed by atoms with Crippen molar-refractivity contribution in [2.45, 2.75) is 44.1 Å². The summed E-state index contributed by atoms with van der Waals surface area (Å²) in [4.78, 5) is 31.8. The third kappa shape index (κ3) is 4.52. The number of ether oxygens (including phenoxy) is 2. The number of halogens is 5. The number of carbonyl (C=O) groups is 2. The van der Waals surface area contributed by atoms with Crippen molar-refractivity contribution in [3.63, 3.8) is 0 Å². The van der Waals surface area contributed by atoms with Crippen LogP contribution in [0.15, 0.2) is 30.5 Å². The van der Waals surface area contributed by atoms with Gasteiger partial charge in [0.05, 0.1) is 7.11 Å². The summed E-state index contributed by atoms with van der Waals surface area (Å²) in [6.45, 7) is 2.05. The van der Waals surface area contributed by atoms with Crippen LogP contribution in [0.25, 0.3) is 0 Å². The molecule has 4 atom stereocenters. The van der Waals surface area contributed by atoms with E-state index in [0.717, 1.165) is 32.2 Å². The lowest BCUT2D eigenvalue weighted by atomic mass is 9.77. The number of nitrogens with two attached hydrogens (primary N) is 1. The molecule has 0 aliphatic carbocycles. The first-order valence-electron chi connectivity index (χ1n) is 9.94. The Morgan fingerprint density at radius 3 is 2.50 bits per heavy atom. The fraction of sp³-hybridized carbons (Fsp3) is 0.429. The predicted octanol–water partition coefficient (Wildman–Crippen LogP) is 3.60. The summed E-state index contributed by atoms with van der Waals surface area (Å²) in [5.74, 6) is -4.79.